The molecule has 0 unspecified atom stereocenters. The molecule has 0 saturated carbocycles. The number of pyridine rings is 1. The molecule has 88 valence electrons. The lowest BCUT2D eigenvalue weighted by Crippen LogP contribution is -2.38. The number of rotatable bonds is 2. The number of nitrogens with two attached hydrogens (primary N) is 1. The monoisotopic (exact) mass is 239 g/mol. The molecule has 2 heterocycles. The van der Waals surface area contributed by atoms with Crippen LogP contribution in [-0.2, 0) is 6.54 Å². The summed E-state index contributed by atoms with van der Waals surface area (Å²) in [6.07, 6.45) is 2.42. The van der Waals surface area contributed by atoms with Gasteiger partial charge in [-0.1, -0.05) is 11.6 Å². The molecule has 2 rings (SSSR count). The largest absolute Gasteiger partial charge is 0.351 e. The molecule has 1 saturated heterocycles. The summed E-state index contributed by atoms with van der Waals surface area (Å²) in [7, 11) is 0. The van der Waals surface area contributed by atoms with Crippen molar-refractivity contribution in [2.45, 2.75) is 38.8 Å². The predicted molar refractivity (Wildman–Crippen MR) is 67.8 cm³/mol. The van der Waals surface area contributed by atoms with Crippen LogP contribution in [-0.4, -0.2) is 17.1 Å². The fraction of sp³-hybridized carbons (Fsp3) is 0.583. The van der Waals surface area contributed by atoms with Gasteiger partial charge in [0, 0.05) is 18.6 Å². The summed E-state index contributed by atoms with van der Waals surface area (Å²) in [5.41, 5.74) is 6.59. The molecule has 1 aliphatic rings. The van der Waals surface area contributed by atoms with Crippen LogP contribution in [0.2, 0.25) is 5.02 Å². The highest BCUT2D eigenvalue weighted by molar-refractivity contribution is 6.31. The number of hydrogen-bond acceptors (Lipinski definition) is 3. The first-order valence-electron chi connectivity index (χ1n) is 5.68. The molecule has 0 aliphatic carbocycles. The average molecular weight is 240 g/mol. The number of hydrogen-bond donors (Lipinski definition) is 1. The van der Waals surface area contributed by atoms with Crippen molar-refractivity contribution in [1.82, 2.24) is 4.98 Å². The Morgan fingerprint density at radius 1 is 1.50 bits per heavy atom. The number of aromatic nitrogens is 1. The van der Waals surface area contributed by atoms with Gasteiger partial charge < -0.3 is 10.6 Å². The summed E-state index contributed by atoms with van der Waals surface area (Å²) < 4.78 is 0. The fourth-order valence-corrected chi connectivity index (χ4v) is 2.48. The second-order valence-electron chi connectivity index (χ2n) is 4.87. The van der Waals surface area contributed by atoms with Gasteiger partial charge in [0.05, 0.1) is 10.7 Å². The predicted octanol–water partition coefficient (Wildman–Crippen LogP) is 2.57. The highest BCUT2D eigenvalue weighted by atomic mass is 35.5. The normalized spacial score (nSPS) is 19.1. The van der Waals surface area contributed by atoms with Crippen molar-refractivity contribution >= 4 is 17.4 Å². The van der Waals surface area contributed by atoms with Gasteiger partial charge in [0.25, 0.3) is 0 Å². The van der Waals surface area contributed by atoms with E-state index in [0.717, 1.165) is 18.1 Å². The average Bonchev–Trinajstić information content (AvgIpc) is 2.59. The summed E-state index contributed by atoms with van der Waals surface area (Å²) in [5.74, 6) is 0.993. The van der Waals surface area contributed by atoms with Gasteiger partial charge in [0.2, 0.25) is 0 Å². The van der Waals surface area contributed by atoms with Crippen LogP contribution in [0.1, 0.15) is 32.4 Å². The highest BCUT2D eigenvalue weighted by Crippen LogP contribution is 2.33. The van der Waals surface area contributed by atoms with Gasteiger partial charge in [-0.3, -0.25) is 0 Å². The van der Waals surface area contributed by atoms with E-state index in [0.29, 0.717) is 11.6 Å². The van der Waals surface area contributed by atoms with E-state index in [1.54, 1.807) is 0 Å². The van der Waals surface area contributed by atoms with Crippen molar-refractivity contribution in [1.29, 1.82) is 0 Å². The zero-order valence-electron chi connectivity index (χ0n) is 9.83. The first-order chi connectivity index (χ1) is 7.54. The van der Waals surface area contributed by atoms with Crippen molar-refractivity contribution in [3.05, 3.63) is 22.8 Å². The molecule has 16 heavy (non-hydrogen) atoms. The lowest BCUT2D eigenvalue weighted by Gasteiger charge is -2.33. The molecule has 4 heteroatoms. The Bertz CT molecular complexity index is 390. The van der Waals surface area contributed by atoms with Crippen molar-refractivity contribution in [2.24, 2.45) is 5.73 Å². The first-order valence-corrected chi connectivity index (χ1v) is 6.05. The lowest BCUT2D eigenvalue weighted by atomic mass is 10.0. The summed E-state index contributed by atoms with van der Waals surface area (Å²) in [6, 6.07) is 3.87. The minimum absolute atomic E-state index is 0.187. The summed E-state index contributed by atoms with van der Waals surface area (Å²) >= 11 is 6.01. The van der Waals surface area contributed by atoms with Crippen molar-refractivity contribution in [3.63, 3.8) is 0 Å². The van der Waals surface area contributed by atoms with Gasteiger partial charge in [-0.2, -0.15) is 0 Å². The van der Waals surface area contributed by atoms with Crippen LogP contribution in [0.3, 0.4) is 0 Å². The van der Waals surface area contributed by atoms with E-state index in [4.69, 9.17) is 17.3 Å². The van der Waals surface area contributed by atoms with E-state index in [1.807, 2.05) is 12.1 Å². The Kier molecular flexibility index (Phi) is 3.08. The topological polar surface area (TPSA) is 42.1 Å². The highest BCUT2D eigenvalue weighted by Gasteiger charge is 2.32. The maximum absolute atomic E-state index is 6.01. The zero-order chi connectivity index (χ0) is 11.8. The number of nitrogens with zero attached hydrogens (tertiary/aromatic N) is 2. The third kappa shape index (κ3) is 2.02. The molecule has 0 spiro atoms. The van der Waals surface area contributed by atoms with Crippen LogP contribution < -0.4 is 10.6 Å². The van der Waals surface area contributed by atoms with Gasteiger partial charge in [-0.25, -0.2) is 4.98 Å². The molecule has 1 aromatic rings. The van der Waals surface area contributed by atoms with Crippen molar-refractivity contribution in [3.8, 4) is 0 Å². The molecule has 3 nitrogen and oxygen atoms in total. The van der Waals surface area contributed by atoms with Crippen LogP contribution in [0.25, 0.3) is 0 Å². The molecular formula is C12H18ClN3. The lowest BCUT2D eigenvalue weighted by molar-refractivity contribution is 0.514. The molecular weight excluding hydrogens is 222 g/mol. The van der Waals surface area contributed by atoms with Crippen molar-refractivity contribution < 1.29 is 0 Å². The second kappa shape index (κ2) is 4.22. The second-order valence-corrected chi connectivity index (χ2v) is 5.28. The molecule has 0 bridgehead atoms. The Labute approximate surface area is 102 Å². The molecule has 0 aromatic carbocycles. The summed E-state index contributed by atoms with van der Waals surface area (Å²) in [4.78, 5) is 6.87. The standard InChI is InChI=1S/C12H18ClN3/c1-12(2)6-3-7-16(12)11-5-4-9(13)10(8-14)15-11/h4-5H,3,6-8,14H2,1-2H3. The Morgan fingerprint density at radius 2 is 2.25 bits per heavy atom. The van der Waals surface area contributed by atoms with Gasteiger partial charge in [0.1, 0.15) is 5.82 Å². The fourth-order valence-electron chi connectivity index (χ4n) is 2.30. The third-order valence-electron chi connectivity index (χ3n) is 3.27. The van der Waals surface area contributed by atoms with E-state index in [1.165, 1.54) is 12.8 Å². The van der Waals surface area contributed by atoms with Crippen LogP contribution >= 0.6 is 11.6 Å². The molecule has 0 atom stereocenters. The minimum Gasteiger partial charge on any atom is -0.351 e. The van der Waals surface area contributed by atoms with Crippen LogP contribution in [0.4, 0.5) is 5.82 Å². The van der Waals surface area contributed by atoms with E-state index in [9.17, 15) is 0 Å². The zero-order valence-corrected chi connectivity index (χ0v) is 10.6. The SMILES string of the molecule is CC1(C)CCCN1c1ccc(Cl)c(CN)n1. The van der Waals surface area contributed by atoms with Crippen LogP contribution in [0.15, 0.2) is 12.1 Å². The maximum Gasteiger partial charge on any atom is 0.129 e. The van der Waals surface area contributed by atoms with E-state index in [-0.39, 0.29) is 5.54 Å². The molecule has 1 aliphatic heterocycles. The van der Waals surface area contributed by atoms with E-state index in [2.05, 4.69) is 23.7 Å². The van der Waals surface area contributed by atoms with Crippen LogP contribution in [0, 0.1) is 0 Å². The Morgan fingerprint density at radius 3 is 2.81 bits per heavy atom. The molecule has 1 fully saturated rings. The molecule has 0 amide bonds. The summed E-state index contributed by atoms with van der Waals surface area (Å²) in [6.45, 7) is 5.95. The number of anilines is 1. The van der Waals surface area contributed by atoms with E-state index < -0.39 is 0 Å². The molecule has 0 radical (unpaired) electrons. The van der Waals surface area contributed by atoms with E-state index >= 15 is 0 Å². The molecule has 2 N–H and O–H groups in total. The summed E-state index contributed by atoms with van der Waals surface area (Å²) in [5, 5.41) is 0.656. The Hall–Kier alpha value is -0.800. The van der Waals surface area contributed by atoms with Gasteiger partial charge in [-0.05, 0) is 38.8 Å². The first kappa shape index (κ1) is 11.7. The Balaban J connectivity index is 2.34. The van der Waals surface area contributed by atoms with Crippen LogP contribution in [0.5, 0.6) is 0 Å². The van der Waals surface area contributed by atoms with Gasteiger partial charge in [0.15, 0.2) is 0 Å². The quantitative estimate of drug-likeness (QED) is 0.863. The van der Waals surface area contributed by atoms with Gasteiger partial charge >= 0.3 is 0 Å². The third-order valence-corrected chi connectivity index (χ3v) is 3.62. The molecule has 1 aromatic heterocycles. The number of halogens is 1. The van der Waals surface area contributed by atoms with Crippen molar-refractivity contribution in [2.75, 3.05) is 11.4 Å². The smallest absolute Gasteiger partial charge is 0.129 e. The maximum atomic E-state index is 6.01. The van der Waals surface area contributed by atoms with Gasteiger partial charge in [-0.15, -0.1) is 0 Å². The minimum atomic E-state index is 0.187.